The van der Waals surface area contributed by atoms with Crippen molar-refractivity contribution in [3.8, 4) is 0 Å². The van der Waals surface area contributed by atoms with Crippen LogP contribution in [0.25, 0.3) is 0 Å². The Morgan fingerprint density at radius 1 is 1.65 bits per heavy atom. The number of aryl methyl sites for hydroxylation is 1. The quantitative estimate of drug-likeness (QED) is 0.820. The number of nitrogens with two attached hydrogens (primary N) is 1. The van der Waals surface area contributed by atoms with Gasteiger partial charge in [0.15, 0.2) is 0 Å². The van der Waals surface area contributed by atoms with Crippen molar-refractivity contribution in [1.82, 2.24) is 9.55 Å². The second-order valence-corrected chi connectivity index (χ2v) is 5.06. The van der Waals surface area contributed by atoms with Crippen molar-refractivity contribution >= 4 is 0 Å². The van der Waals surface area contributed by atoms with Crippen LogP contribution in [0, 0.1) is 0 Å². The molecule has 17 heavy (non-hydrogen) atoms. The molecule has 1 aliphatic rings. The molecule has 0 aliphatic carbocycles. The number of rotatable bonds is 6. The van der Waals surface area contributed by atoms with E-state index in [1.807, 2.05) is 13.3 Å². The first-order valence-corrected chi connectivity index (χ1v) is 6.62. The lowest BCUT2D eigenvalue weighted by Crippen LogP contribution is -2.17. The van der Waals surface area contributed by atoms with Gasteiger partial charge in [-0.1, -0.05) is 0 Å². The van der Waals surface area contributed by atoms with E-state index < -0.39 is 0 Å². The summed E-state index contributed by atoms with van der Waals surface area (Å²) < 4.78 is 7.77. The highest BCUT2D eigenvalue weighted by Gasteiger charge is 2.14. The average Bonchev–Trinajstić information content (AvgIpc) is 2.89. The maximum absolute atomic E-state index is 5.75. The number of aromatic nitrogens is 2. The summed E-state index contributed by atoms with van der Waals surface area (Å²) in [4.78, 5) is 4.36. The first-order valence-electron chi connectivity index (χ1n) is 6.62. The highest BCUT2D eigenvalue weighted by atomic mass is 16.5. The molecule has 2 rings (SSSR count). The highest BCUT2D eigenvalue weighted by molar-refractivity contribution is 4.98. The molecule has 2 atom stereocenters. The van der Waals surface area contributed by atoms with Crippen LogP contribution in [0.15, 0.2) is 12.5 Å². The molecule has 0 bridgehead atoms. The summed E-state index contributed by atoms with van der Waals surface area (Å²) >= 11 is 0. The number of ether oxygens (including phenoxy) is 1. The minimum atomic E-state index is 0.185. The monoisotopic (exact) mass is 237 g/mol. The average molecular weight is 237 g/mol. The lowest BCUT2D eigenvalue weighted by Gasteiger charge is -2.08. The molecule has 0 aromatic carbocycles. The van der Waals surface area contributed by atoms with Gasteiger partial charge in [0.05, 0.1) is 18.1 Å². The van der Waals surface area contributed by atoms with E-state index >= 15 is 0 Å². The standard InChI is InChI=1S/C13H23N3O/c1-11(14)8-12-9-16(10-15-12)6-2-4-13-5-3-7-17-13/h9-11,13H,2-8,14H2,1H3. The fourth-order valence-corrected chi connectivity index (χ4v) is 2.34. The van der Waals surface area contributed by atoms with Gasteiger partial charge in [-0.05, 0) is 32.6 Å². The summed E-state index contributed by atoms with van der Waals surface area (Å²) in [6, 6.07) is 0.185. The molecule has 96 valence electrons. The summed E-state index contributed by atoms with van der Waals surface area (Å²) in [5.41, 5.74) is 6.85. The van der Waals surface area contributed by atoms with Gasteiger partial charge in [0.1, 0.15) is 0 Å². The fraction of sp³-hybridized carbons (Fsp3) is 0.769. The van der Waals surface area contributed by atoms with Crippen LogP contribution in [0.3, 0.4) is 0 Å². The molecule has 4 nitrogen and oxygen atoms in total. The first kappa shape index (κ1) is 12.6. The van der Waals surface area contributed by atoms with Crippen LogP contribution in [0.5, 0.6) is 0 Å². The van der Waals surface area contributed by atoms with Crippen molar-refractivity contribution in [2.75, 3.05) is 6.61 Å². The van der Waals surface area contributed by atoms with Gasteiger partial charge in [0.25, 0.3) is 0 Å². The molecule has 4 heteroatoms. The Labute approximate surface area is 103 Å². The van der Waals surface area contributed by atoms with Crippen LogP contribution in [0.1, 0.15) is 38.3 Å². The van der Waals surface area contributed by atoms with E-state index in [1.54, 1.807) is 0 Å². The summed E-state index contributed by atoms with van der Waals surface area (Å²) in [5.74, 6) is 0. The zero-order valence-corrected chi connectivity index (χ0v) is 10.6. The highest BCUT2D eigenvalue weighted by Crippen LogP contribution is 2.17. The summed E-state index contributed by atoms with van der Waals surface area (Å²) in [7, 11) is 0. The molecule has 2 N–H and O–H groups in total. The molecule has 0 saturated carbocycles. The zero-order chi connectivity index (χ0) is 12.1. The van der Waals surface area contributed by atoms with Gasteiger partial charge in [-0.15, -0.1) is 0 Å². The Bertz CT molecular complexity index is 329. The van der Waals surface area contributed by atoms with Crippen LogP contribution < -0.4 is 5.73 Å². The molecule has 1 aliphatic heterocycles. The third-order valence-corrected chi connectivity index (χ3v) is 3.18. The van der Waals surface area contributed by atoms with Gasteiger partial charge in [-0.25, -0.2) is 4.98 Å². The number of hydrogen-bond acceptors (Lipinski definition) is 3. The molecule has 2 unspecified atom stereocenters. The maximum Gasteiger partial charge on any atom is 0.0949 e. The van der Waals surface area contributed by atoms with Crippen LogP contribution in [0.2, 0.25) is 0 Å². The zero-order valence-electron chi connectivity index (χ0n) is 10.6. The second kappa shape index (κ2) is 6.17. The predicted molar refractivity (Wildman–Crippen MR) is 67.8 cm³/mol. The smallest absolute Gasteiger partial charge is 0.0949 e. The number of nitrogens with zero attached hydrogens (tertiary/aromatic N) is 2. The largest absolute Gasteiger partial charge is 0.378 e. The number of hydrogen-bond donors (Lipinski definition) is 1. The van der Waals surface area contributed by atoms with E-state index in [0.717, 1.165) is 25.3 Å². The molecule has 2 heterocycles. The van der Waals surface area contributed by atoms with Gasteiger partial charge in [0, 0.05) is 31.8 Å². The normalized spacial score (nSPS) is 21.9. The third kappa shape index (κ3) is 4.13. The van der Waals surface area contributed by atoms with Crippen molar-refractivity contribution in [2.45, 2.75) is 57.7 Å². The molecule has 1 aromatic heterocycles. The number of imidazole rings is 1. The van der Waals surface area contributed by atoms with Crippen molar-refractivity contribution < 1.29 is 4.74 Å². The van der Waals surface area contributed by atoms with Gasteiger partial charge >= 0.3 is 0 Å². The molecule has 1 saturated heterocycles. The minimum absolute atomic E-state index is 0.185. The first-order chi connectivity index (χ1) is 8.24. The van der Waals surface area contributed by atoms with Crippen molar-refractivity contribution in [3.63, 3.8) is 0 Å². The predicted octanol–water partition coefficient (Wildman–Crippen LogP) is 1.73. The minimum Gasteiger partial charge on any atom is -0.378 e. The summed E-state index contributed by atoms with van der Waals surface area (Å²) in [6.07, 6.45) is 10.2. The van der Waals surface area contributed by atoms with E-state index in [9.17, 15) is 0 Å². The Kier molecular flexibility index (Phi) is 4.57. The molecule has 1 fully saturated rings. The van der Waals surface area contributed by atoms with Gasteiger partial charge in [-0.3, -0.25) is 0 Å². The Morgan fingerprint density at radius 2 is 2.53 bits per heavy atom. The van der Waals surface area contributed by atoms with E-state index in [1.165, 1.54) is 25.7 Å². The van der Waals surface area contributed by atoms with E-state index in [-0.39, 0.29) is 6.04 Å². The summed E-state index contributed by atoms with van der Waals surface area (Å²) in [6.45, 7) is 4.00. The molecule has 0 spiro atoms. The Balaban J connectivity index is 1.69. The molecule has 1 aromatic rings. The SMILES string of the molecule is CC(N)Cc1cn(CCCC2CCCO2)cn1. The van der Waals surface area contributed by atoms with Crippen LogP contribution in [-0.4, -0.2) is 28.3 Å². The van der Waals surface area contributed by atoms with Crippen LogP contribution >= 0.6 is 0 Å². The van der Waals surface area contributed by atoms with Crippen molar-refractivity contribution in [3.05, 3.63) is 18.2 Å². The van der Waals surface area contributed by atoms with Gasteiger partial charge in [0.2, 0.25) is 0 Å². The second-order valence-electron chi connectivity index (χ2n) is 5.06. The van der Waals surface area contributed by atoms with E-state index in [4.69, 9.17) is 10.5 Å². The van der Waals surface area contributed by atoms with E-state index in [0.29, 0.717) is 6.10 Å². The van der Waals surface area contributed by atoms with Crippen LogP contribution in [0.4, 0.5) is 0 Å². The van der Waals surface area contributed by atoms with Gasteiger partial charge < -0.3 is 15.0 Å². The van der Waals surface area contributed by atoms with Gasteiger partial charge in [-0.2, -0.15) is 0 Å². The Morgan fingerprint density at radius 3 is 3.24 bits per heavy atom. The maximum atomic E-state index is 5.75. The topological polar surface area (TPSA) is 53.1 Å². The molecule has 0 amide bonds. The van der Waals surface area contributed by atoms with E-state index in [2.05, 4.69) is 15.7 Å². The Hall–Kier alpha value is -0.870. The molecular weight excluding hydrogens is 214 g/mol. The third-order valence-electron chi connectivity index (χ3n) is 3.18. The lowest BCUT2D eigenvalue weighted by molar-refractivity contribution is 0.101. The lowest BCUT2D eigenvalue weighted by atomic mass is 10.1. The van der Waals surface area contributed by atoms with Crippen molar-refractivity contribution in [1.29, 1.82) is 0 Å². The van der Waals surface area contributed by atoms with Crippen molar-refractivity contribution in [2.24, 2.45) is 5.73 Å². The summed E-state index contributed by atoms with van der Waals surface area (Å²) in [5, 5.41) is 0. The van der Waals surface area contributed by atoms with Crippen LogP contribution in [-0.2, 0) is 17.7 Å². The molecular formula is C13H23N3O. The molecule has 0 radical (unpaired) electrons. The fourth-order valence-electron chi connectivity index (χ4n) is 2.34.